The maximum atomic E-state index is 5.67. The zero-order chi connectivity index (χ0) is 12.3. The number of ether oxygens (including phenoxy) is 1. The molecule has 0 aliphatic heterocycles. The molecule has 1 aromatic carbocycles. The summed E-state index contributed by atoms with van der Waals surface area (Å²) in [6.07, 6.45) is 1.04. The summed E-state index contributed by atoms with van der Waals surface area (Å²) in [6.45, 7) is 5.88. The second-order valence-electron chi connectivity index (χ2n) is 4.31. The van der Waals surface area contributed by atoms with Crippen LogP contribution in [0.1, 0.15) is 24.6 Å². The lowest BCUT2D eigenvalue weighted by Crippen LogP contribution is -2.05. The Morgan fingerprint density at radius 3 is 2.88 bits per heavy atom. The molecule has 92 valence electrons. The summed E-state index contributed by atoms with van der Waals surface area (Å²) in [7, 11) is 1.97. The number of hydrogen-bond acceptors (Lipinski definition) is 2. The second kappa shape index (κ2) is 5.23. The molecule has 1 heterocycles. The van der Waals surface area contributed by atoms with Crippen molar-refractivity contribution in [2.45, 2.75) is 26.8 Å². The predicted octanol–water partition coefficient (Wildman–Crippen LogP) is 2.98. The molecule has 0 unspecified atom stereocenters. The van der Waals surface area contributed by atoms with Crippen molar-refractivity contribution in [3.05, 3.63) is 29.5 Å². The van der Waals surface area contributed by atoms with Gasteiger partial charge < -0.3 is 15.0 Å². The second-order valence-corrected chi connectivity index (χ2v) is 4.31. The Balaban J connectivity index is 2.39. The molecule has 0 saturated heterocycles. The van der Waals surface area contributed by atoms with Crippen LogP contribution in [-0.4, -0.2) is 18.6 Å². The predicted molar refractivity (Wildman–Crippen MR) is 71.6 cm³/mol. The van der Waals surface area contributed by atoms with E-state index in [1.165, 1.54) is 22.2 Å². The zero-order valence-electron chi connectivity index (χ0n) is 10.8. The van der Waals surface area contributed by atoms with Crippen LogP contribution >= 0.6 is 0 Å². The Morgan fingerprint density at radius 1 is 1.35 bits per heavy atom. The molecular weight excluding hydrogens is 212 g/mol. The molecule has 0 saturated carbocycles. The summed E-state index contributed by atoms with van der Waals surface area (Å²) >= 11 is 0. The standard InChI is InChI=1S/C14H20N2O/c1-4-7-17-11-5-6-14-12(8-11)13(9-15-3)10(2)16-14/h5-6,8,15-16H,4,7,9H2,1-3H3. The fourth-order valence-corrected chi connectivity index (χ4v) is 2.08. The average molecular weight is 232 g/mol. The fraction of sp³-hybridized carbons (Fsp3) is 0.429. The van der Waals surface area contributed by atoms with Crippen LogP contribution in [0.4, 0.5) is 0 Å². The van der Waals surface area contributed by atoms with Crippen LogP contribution in [0.3, 0.4) is 0 Å². The van der Waals surface area contributed by atoms with E-state index in [1.54, 1.807) is 0 Å². The van der Waals surface area contributed by atoms with E-state index >= 15 is 0 Å². The third-order valence-corrected chi connectivity index (χ3v) is 2.92. The number of H-pyrrole nitrogens is 1. The first kappa shape index (κ1) is 12.0. The highest BCUT2D eigenvalue weighted by atomic mass is 16.5. The molecule has 0 amide bonds. The topological polar surface area (TPSA) is 37.0 Å². The Labute approximate surface area is 102 Å². The number of aryl methyl sites for hydroxylation is 1. The molecule has 0 bridgehead atoms. The fourth-order valence-electron chi connectivity index (χ4n) is 2.08. The van der Waals surface area contributed by atoms with Gasteiger partial charge >= 0.3 is 0 Å². The van der Waals surface area contributed by atoms with Crippen molar-refractivity contribution in [3.8, 4) is 5.75 Å². The van der Waals surface area contributed by atoms with E-state index in [-0.39, 0.29) is 0 Å². The van der Waals surface area contributed by atoms with Crippen LogP contribution in [-0.2, 0) is 6.54 Å². The number of benzene rings is 1. The lowest BCUT2D eigenvalue weighted by atomic mass is 10.1. The molecule has 2 aromatic rings. The molecule has 3 nitrogen and oxygen atoms in total. The summed E-state index contributed by atoms with van der Waals surface area (Å²) < 4.78 is 5.67. The van der Waals surface area contributed by atoms with Crippen LogP contribution in [0.5, 0.6) is 5.75 Å². The van der Waals surface area contributed by atoms with Gasteiger partial charge in [-0.25, -0.2) is 0 Å². The minimum absolute atomic E-state index is 0.774. The van der Waals surface area contributed by atoms with Gasteiger partial charge in [0.05, 0.1) is 6.61 Å². The monoisotopic (exact) mass is 232 g/mol. The number of hydrogen-bond donors (Lipinski definition) is 2. The van der Waals surface area contributed by atoms with Crippen molar-refractivity contribution in [1.82, 2.24) is 10.3 Å². The molecule has 3 heteroatoms. The van der Waals surface area contributed by atoms with Gasteiger partial charge in [0.25, 0.3) is 0 Å². The van der Waals surface area contributed by atoms with Gasteiger partial charge in [0.1, 0.15) is 5.75 Å². The zero-order valence-corrected chi connectivity index (χ0v) is 10.8. The van der Waals surface area contributed by atoms with Gasteiger partial charge in [0.2, 0.25) is 0 Å². The average Bonchev–Trinajstić information content (AvgIpc) is 2.64. The smallest absolute Gasteiger partial charge is 0.120 e. The SMILES string of the molecule is CCCOc1ccc2[nH]c(C)c(CNC)c2c1. The number of aromatic nitrogens is 1. The van der Waals surface area contributed by atoms with E-state index in [2.05, 4.69) is 36.3 Å². The van der Waals surface area contributed by atoms with Crippen molar-refractivity contribution >= 4 is 10.9 Å². The number of rotatable bonds is 5. The van der Waals surface area contributed by atoms with Crippen LogP contribution in [0, 0.1) is 6.92 Å². The highest BCUT2D eigenvalue weighted by Gasteiger charge is 2.08. The summed E-state index contributed by atoms with van der Waals surface area (Å²) in [5.74, 6) is 0.954. The van der Waals surface area contributed by atoms with E-state index in [4.69, 9.17) is 4.74 Å². The normalized spacial score (nSPS) is 11.0. The minimum Gasteiger partial charge on any atom is -0.494 e. The largest absolute Gasteiger partial charge is 0.494 e. The van der Waals surface area contributed by atoms with Gasteiger partial charge in [-0.05, 0) is 44.2 Å². The van der Waals surface area contributed by atoms with Crippen LogP contribution in [0.25, 0.3) is 10.9 Å². The van der Waals surface area contributed by atoms with Gasteiger partial charge in [-0.3, -0.25) is 0 Å². The number of aromatic amines is 1. The molecule has 0 aliphatic carbocycles. The molecule has 2 rings (SSSR count). The van der Waals surface area contributed by atoms with Crippen molar-refractivity contribution < 1.29 is 4.74 Å². The van der Waals surface area contributed by atoms with Crippen molar-refractivity contribution in [2.24, 2.45) is 0 Å². The first-order valence-electron chi connectivity index (χ1n) is 6.15. The lowest BCUT2D eigenvalue weighted by Gasteiger charge is -2.05. The lowest BCUT2D eigenvalue weighted by molar-refractivity contribution is 0.318. The van der Waals surface area contributed by atoms with Crippen LogP contribution < -0.4 is 10.1 Å². The Morgan fingerprint density at radius 2 is 2.18 bits per heavy atom. The summed E-state index contributed by atoms with van der Waals surface area (Å²) in [5, 5.41) is 4.46. The maximum Gasteiger partial charge on any atom is 0.120 e. The quantitative estimate of drug-likeness (QED) is 0.831. The third-order valence-electron chi connectivity index (χ3n) is 2.92. The van der Waals surface area contributed by atoms with Crippen molar-refractivity contribution in [1.29, 1.82) is 0 Å². The number of nitrogens with one attached hydrogen (secondary N) is 2. The maximum absolute atomic E-state index is 5.67. The highest BCUT2D eigenvalue weighted by Crippen LogP contribution is 2.26. The van der Waals surface area contributed by atoms with Gasteiger partial charge in [0.15, 0.2) is 0 Å². The third kappa shape index (κ3) is 2.44. The molecule has 2 N–H and O–H groups in total. The molecule has 0 spiro atoms. The van der Waals surface area contributed by atoms with E-state index in [1.807, 2.05) is 13.1 Å². The molecular formula is C14H20N2O. The molecule has 0 atom stereocenters. The summed E-state index contributed by atoms with van der Waals surface area (Å²) in [5.41, 5.74) is 3.73. The van der Waals surface area contributed by atoms with Crippen LogP contribution in [0.2, 0.25) is 0 Å². The molecule has 17 heavy (non-hydrogen) atoms. The van der Waals surface area contributed by atoms with E-state index in [0.29, 0.717) is 0 Å². The minimum atomic E-state index is 0.774. The van der Waals surface area contributed by atoms with E-state index < -0.39 is 0 Å². The molecule has 0 fully saturated rings. The van der Waals surface area contributed by atoms with Crippen LogP contribution in [0.15, 0.2) is 18.2 Å². The van der Waals surface area contributed by atoms with E-state index in [9.17, 15) is 0 Å². The molecule has 0 radical (unpaired) electrons. The highest BCUT2D eigenvalue weighted by molar-refractivity contribution is 5.86. The Bertz CT molecular complexity index is 502. The van der Waals surface area contributed by atoms with Crippen molar-refractivity contribution in [3.63, 3.8) is 0 Å². The summed E-state index contributed by atoms with van der Waals surface area (Å²) in [4.78, 5) is 3.40. The number of fused-ring (bicyclic) bond motifs is 1. The first-order chi connectivity index (χ1) is 8.26. The first-order valence-corrected chi connectivity index (χ1v) is 6.15. The molecule has 0 aliphatic rings. The Kier molecular flexibility index (Phi) is 3.69. The Hall–Kier alpha value is -1.48. The van der Waals surface area contributed by atoms with Gasteiger partial charge in [-0.1, -0.05) is 6.92 Å². The van der Waals surface area contributed by atoms with Gasteiger partial charge in [0, 0.05) is 23.1 Å². The summed E-state index contributed by atoms with van der Waals surface area (Å²) in [6, 6.07) is 6.24. The van der Waals surface area contributed by atoms with Crippen molar-refractivity contribution in [2.75, 3.05) is 13.7 Å². The molecule has 1 aromatic heterocycles. The van der Waals surface area contributed by atoms with E-state index in [0.717, 1.165) is 25.3 Å². The van der Waals surface area contributed by atoms with Gasteiger partial charge in [-0.2, -0.15) is 0 Å². The van der Waals surface area contributed by atoms with Gasteiger partial charge in [-0.15, -0.1) is 0 Å².